The largest absolute Gasteiger partial charge is 0.444 e. The smallest absolute Gasteiger partial charge is 0.410 e. The average Bonchev–Trinajstić information content (AvgIpc) is 3.08. The summed E-state index contributed by atoms with van der Waals surface area (Å²) in [4.78, 5) is 23.4. The number of ether oxygens (including phenoxy) is 1. The van der Waals surface area contributed by atoms with Crippen molar-refractivity contribution in [3.05, 3.63) is 11.6 Å². The van der Waals surface area contributed by atoms with Gasteiger partial charge in [-0.3, -0.25) is 4.99 Å². The molecule has 2 rings (SSSR count). The van der Waals surface area contributed by atoms with Crippen LogP contribution in [-0.2, 0) is 24.1 Å². The summed E-state index contributed by atoms with van der Waals surface area (Å²) in [5.74, 6) is 2.74. The van der Waals surface area contributed by atoms with E-state index in [9.17, 15) is 4.79 Å². The maximum Gasteiger partial charge on any atom is 0.410 e. The molecule has 0 saturated carbocycles. The number of aliphatic imine (C=N–C) groups is 1. The highest BCUT2D eigenvalue weighted by Gasteiger charge is 2.23. The van der Waals surface area contributed by atoms with Crippen molar-refractivity contribution in [2.24, 2.45) is 4.99 Å². The van der Waals surface area contributed by atoms with E-state index in [1.54, 1.807) is 4.90 Å². The van der Waals surface area contributed by atoms with Gasteiger partial charge in [0.1, 0.15) is 11.4 Å². The molecule has 1 unspecified atom stereocenters. The van der Waals surface area contributed by atoms with Crippen molar-refractivity contribution in [1.82, 2.24) is 30.3 Å². The Bertz CT molecular complexity index is 715. The summed E-state index contributed by atoms with van der Waals surface area (Å²) in [5, 5.41) is 11.4. The third-order valence-electron chi connectivity index (χ3n) is 4.69. The summed E-state index contributed by atoms with van der Waals surface area (Å²) in [6, 6.07) is 0.249. The van der Waals surface area contributed by atoms with E-state index in [0.717, 1.165) is 56.4 Å². The number of guanidine groups is 1. The molecule has 2 heterocycles. The molecule has 0 spiro atoms. The van der Waals surface area contributed by atoms with E-state index in [2.05, 4.69) is 39.6 Å². The Kier molecular flexibility index (Phi) is 11.6. The number of hydrogen-bond donors (Lipinski definition) is 2. The number of carbonyl (C=O) groups is 1. The third kappa shape index (κ3) is 9.20. The molecule has 1 amide bonds. The standard InChI is InChI=1S/C21H39N7O2.HI/c1-7-13-27(20(29)30-21(4,5)6)14-12-23-19(22-9-3)24-16-10-11-18-25-17(8-2)26-28(18)15-16;/h16H,7-15H2,1-6H3,(H2,22,23,24);1H. The number of amides is 1. The second-order valence-electron chi connectivity index (χ2n) is 8.59. The van der Waals surface area contributed by atoms with Crippen molar-refractivity contribution in [1.29, 1.82) is 0 Å². The fourth-order valence-electron chi connectivity index (χ4n) is 3.31. The van der Waals surface area contributed by atoms with Crippen LogP contribution in [0.2, 0.25) is 0 Å². The molecule has 0 fully saturated rings. The van der Waals surface area contributed by atoms with Crippen molar-refractivity contribution in [2.45, 2.75) is 85.4 Å². The van der Waals surface area contributed by atoms with Gasteiger partial charge in [0, 0.05) is 38.5 Å². The van der Waals surface area contributed by atoms with Crippen molar-refractivity contribution in [3.63, 3.8) is 0 Å². The molecular formula is C21H40IN7O2. The highest BCUT2D eigenvalue weighted by atomic mass is 127. The maximum atomic E-state index is 12.4. The van der Waals surface area contributed by atoms with E-state index < -0.39 is 5.60 Å². The van der Waals surface area contributed by atoms with Gasteiger partial charge in [0.2, 0.25) is 0 Å². The average molecular weight is 550 g/mol. The molecule has 0 radical (unpaired) electrons. The first-order valence-corrected chi connectivity index (χ1v) is 11.2. The van der Waals surface area contributed by atoms with Gasteiger partial charge in [-0.2, -0.15) is 5.10 Å². The van der Waals surface area contributed by atoms with Crippen LogP contribution in [0.1, 0.15) is 66.0 Å². The number of fused-ring (bicyclic) bond motifs is 1. The molecule has 1 aromatic heterocycles. The van der Waals surface area contributed by atoms with E-state index in [0.29, 0.717) is 19.6 Å². The first kappa shape index (κ1) is 27.4. The molecule has 0 aliphatic carbocycles. The fraction of sp³-hybridized carbons (Fsp3) is 0.810. The Balaban J connectivity index is 0.00000480. The van der Waals surface area contributed by atoms with Gasteiger partial charge in [0.05, 0.1) is 13.1 Å². The van der Waals surface area contributed by atoms with Gasteiger partial charge in [-0.25, -0.2) is 14.5 Å². The third-order valence-corrected chi connectivity index (χ3v) is 4.69. The number of nitrogens with one attached hydrogen (secondary N) is 2. The topological polar surface area (TPSA) is 96.7 Å². The minimum Gasteiger partial charge on any atom is -0.444 e. The van der Waals surface area contributed by atoms with Gasteiger partial charge < -0.3 is 20.3 Å². The predicted molar refractivity (Wildman–Crippen MR) is 134 cm³/mol. The van der Waals surface area contributed by atoms with Gasteiger partial charge in [0.25, 0.3) is 0 Å². The van der Waals surface area contributed by atoms with Crippen LogP contribution < -0.4 is 10.6 Å². The Morgan fingerprint density at radius 3 is 2.65 bits per heavy atom. The lowest BCUT2D eigenvalue weighted by atomic mass is 10.1. The Morgan fingerprint density at radius 2 is 2.03 bits per heavy atom. The second-order valence-corrected chi connectivity index (χ2v) is 8.59. The van der Waals surface area contributed by atoms with Crippen LogP contribution in [0.4, 0.5) is 4.79 Å². The predicted octanol–water partition coefficient (Wildman–Crippen LogP) is 2.98. The number of aryl methyl sites for hydroxylation is 2. The summed E-state index contributed by atoms with van der Waals surface area (Å²) in [7, 11) is 0. The van der Waals surface area contributed by atoms with Crippen LogP contribution in [0.3, 0.4) is 0 Å². The number of aromatic nitrogens is 3. The van der Waals surface area contributed by atoms with E-state index in [1.165, 1.54) is 0 Å². The van der Waals surface area contributed by atoms with Crippen LogP contribution in [0, 0.1) is 0 Å². The maximum absolute atomic E-state index is 12.4. The second kappa shape index (κ2) is 13.1. The molecule has 0 bridgehead atoms. The quantitative estimate of drug-likeness (QED) is 0.294. The van der Waals surface area contributed by atoms with Crippen LogP contribution in [-0.4, -0.2) is 69.5 Å². The monoisotopic (exact) mass is 549 g/mol. The van der Waals surface area contributed by atoms with E-state index >= 15 is 0 Å². The first-order chi connectivity index (χ1) is 14.3. The zero-order valence-corrected chi connectivity index (χ0v) is 22.2. The Labute approximate surface area is 203 Å². The number of rotatable bonds is 8. The fourth-order valence-corrected chi connectivity index (χ4v) is 3.31. The van der Waals surface area contributed by atoms with Gasteiger partial charge in [-0.1, -0.05) is 13.8 Å². The normalized spacial score (nSPS) is 16.2. The van der Waals surface area contributed by atoms with E-state index in [4.69, 9.17) is 4.74 Å². The lowest BCUT2D eigenvalue weighted by Gasteiger charge is -2.27. The molecule has 1 aliphatic rings. The van der Waals surface area contributed by atoms with E-state index in [-0.39, 0.29) is 36.1 Å². The summed E-state index contributed by atoms with van der Waals surface area (Å²) in [6.45, 7) is 15.1. The molecule has 10 heteroatoms. The van der Waals surface area contributed by atoms with Gasteiger partial charge in [-0.15, -0.1) is 24.0 Å². The van der Waals surface area contributed by atoms with E-state index in [1.807, 2.05) is 32.4 Å². The highest BCUT2D eigenvalue weighted by molar-refractivity contribution is 14.0. The molecule has 9 nitrogen and oxygen atoms in total. The molecular weight excluding hydrogens is 509 g/mol. The molecule has 31 heavy (non-hydrogen) atoms. The zero-order chi connectivity index (χ0) is 22.1. The number of hydrogen-bond acceptors (Lipinski definition) is 5. The summed E-state index contributed by atoms with van der Waals surface area (Å²) in [6.07, 6.45) is 3.35. The molecule has 1 aliphatic heterocycles. The first-order valence-electron chi connectivity index (χ1n) is 11.2. The summed E-state index contributed by atoms with van der Waals surface area (Å²) < 4.78 is 7.52. The van der Waals surface area contributed by atoms with Crippen molar-refractivity contribution in [3.8, 4) is 0 Å². The van der Waals surface area contributed by atoms with Gasteiger partial charge >= 0.3 is 6.09 Å². The highest BCUT2D eigenvalue weighted by Crippen LogP contribution is 2.13. The molecule has 2 N–H and O–H groups in total. The van der Waals surface area contributed by atoms with Crippen LogP contribution in [0.25, 0.3) is 0 Å². The number of halogens is 1. The lowest BCUT2D eigenvalue weighted by molar-refractivity contribution is 0.0256. The van der Waals surface area contributed by atoms with Crippen LogP contribution >= 0.6 is 24.0 Å². The van der Waals surface area contributed by atoms with Crippen LogP contribution in [0.5, 0.6) is 0 Å². The van der Waals surface area contributed by atoms with Crippen molar-refractivity contribution >= 4 is 36.0 Å². The summed E-state index contributed by atoms with van der Waals surface area (Å²) >= 11 is 0. The molecule has 1 atom stereocenters. The van der Waals surface area contributed by atoms with Crippen molar-refractivity contribution in [2.75, 3.05) is 26.2 Å². The minimum absolute atomic E-state index is 0. The lowest BCUT2D eigenvalue weighted by Crippen LogP contribution is -2.47. The van der Waals surface area contributed by atoms with Gasteiger partial charge in [0.15, 0.2) is 11.8 Å². The van der Waals surface area contributed by atoms with Gasteiger partial charge in [-0.05, 0) is 40.5 Å². The molecule has 0 aromatic carbocycles. The minimum atomic E-state index is -0.498. The molecule has 1 aromatic rings. The Hall–Kier alpha value is -1.59. The summed E-state index contributed by atoms with van der Waals surface area (Å²) in [5.41, 5.74) is -0.498. The van der Waals surface area contributed by atoms with Crippen molar-refractivity contribution < 1.29 is 9.53 Å². The van der Waals surface area contributed by atoms with Crippen LogP contribution in [0.15, 0.2) is 4.99 Å². The zero-order valence-electron chi connectivity index (χ0n) is 19.9. The number of carbonyl (C=O) groups excluding carboxylic acids is 1. The molecule has 178 valence electrons. The molecule has 0 saturated heterocycles. The number of nitrogens with zero attached hydrogens (tertiary/aromatic N) is 5. The Morgan fingerprint density at radius 1 is 1.29 bits per heavy atom. The SMILES string of the molecule is CCCN(CCN=C(NCC)NC1CCc2nc(CC)nn2C1)C(=O)OC(C)(C)C.I.